The highest BCUT2D eigenvalue weighted by Crippen LogP contribution is 2.45. The van der Waals surface area contributed by atoms with E-state index in [9.17, 15) is 92.4 Å². The molecule has 146 heavy (non-hydrogen) atoms. The normalized spacial score (nSPS) is 36.8. The fraction of sp³-hybridized carbons (Fsp3) is 0.958. The van der Waals surface area contributed by atoms with Crippen LogP contribution in [-0.2, 0) is 245 Å². The lowest BCUT2D eigenvalue weighted by Gasteiger charge is -2.52. The van der Waals surface area contributed by atoms with Crippen LogP contribution in [0.2, 0.25) is 0 Å². The van der Waals surface area contributed by atoms with Crippen molar-refractivity contribution in [3.05, 3.63) is 0 Å². The summed E-state index contributed by atoms with van der Waals surface area (Å²) in [6.07, 6.45) is -59.3. The van der Waals surface area contributed by atoms with Gasteiger partial charge < -0.3 is 189 Å². The number of rotatable bonds is 68. The predicted molar refractivity (Wildman–Crippen MR) is 454 cm³/mol. The van der Waals surface area contributed by atoms with E-state index in [4.69, 9.17) is 144 Å². The Labute approximate surface area is 858 Å². The molecular formula is C71H116N4O62S9-8. The highest BCUT2D eigenvalue weighted by Gasteiger charge is 2.63. The first-order chi connectivity index (χ1) is 69.8. The number of unbranched alkanes of at least 4 members (excludes halogenated alkanes) is 3. The summed E-state index contributed by atoms with van der Waals surface area (Å²) < 4.78 is 369. The molecule has 9 saturated heterocycles. The summed E-state index contributed by atoms with van der Waals surface area (Å²) in [6.45, 7) is -5.72. The average Bonchev–Trinajstić information content (AvgIpc) is 0.860. The molecule has 17 unspecified atom stereocenters. The Morgan fingerprint density at radius 1 is 0.363 bits per heavy atom. The van der Waals surface area contributed by atoms with Gasteiger partial charge in [0.05, 0.1) is 51.7 Å². The van der Waals surface area contributed by atoms with Crippen molar-refractivity contribution in [3.8, 4) is 0 Å². The summed E-state index contributed by atoms with van der Waals surface area (Å²) in [5, 5.41) is 80.7. The van der Waals surface area contributed by atoms with Crippen LogP contribution in [0.4, 0.5) is 4.79 Å². The quantitative estimate of drug-likeness (QED) is 0.00718. The van der Waals surface area contributed by atoms with Crippen molar-refractivity contribution in [1.29, 1.82) is 0 Å². The average molecular weight is 2310 g/mol. The predicted octanol–water partition coefficient (Wildman–Crippen LogP) is -9.06. The van der Waals surface area contributed by atoms with Crippen LogP contribution in [0, 0.1) is 0 Å². The molecule has 9 fully saturated rings. The maximum Gasteiger partial charge on any atom is 0.315 e. The zero-order chi connectivity index (χ0) is 107. The zero-order valence-corrected chi connectivity index (χ0v) is 86.8. The fourth-order valence-corrected chi connectivity index (χ4v) is 22.1. The van der Waals surface area contributed by atoms with Crippen LogP contribution in [-0.4, -0.2) is 458 Å². The van der Waals surface area contributed by atoms with Gasteiger partial charge in [-0.15, -0.1) is 17.3 Å². The van der Waals surface area contributed by atoms with Gasteiger partial charge in [0, 0.05) is 129 Å². The van der Waals surface area contributed by atoms with E-state index in [1.165, 1.54) is 78.2 Å². The summed E-state index contributed by atoms with van der Waals surface area (Å²) in [7, 11) is -7.21. The monoisotopic (exact) mass is 2300 g/mol. The SMILES string of the molecule is COCC1O[C@@H](O[C@H]2C(OC)C(OC)[C@@H](O[C@H]3C(OC)C(OC)[C@@H](O[C@H]4C(COS(=O)(=O)[O-])O[C@@H](O)C(OC)[C@H]4OC)O[C@@H]3COC)O[C@@H]2COC)C(OC)[C@@H](OC)[C@H]1O[C@@H]1OC(CNC(=O)CCCCCNC(=O)CCCCC2SCC3NC(=O)NC32)[C@H](O[C@H]2O[C@H](COS(=O)(=O)[O-])[C@@H](O[C@H]3O[C@H](COS(=O)(=O)[O-])[C@@H](OSOO[O-])C(OSOO[O-])C3OSOO[O-])C(OSOO[O-])C2OS(=O)(=O)[O-])[C@H](OC)C1OC. The molecule has 9 heterocycles. The third kappa shape index (κ3) is 36.9. The Balaban J connectivity index is 1.03. The van der Waals surface area contributed by atoms with E-state index in [-0.39, 0.29) is 80.6 Å². The topological polar surface area (TPSA) is 828 Å². The summed E-state index contributed by atoms with van der Waals surface area (Å²) in [4.78, 5) is 39.2. The number of nitrogens with one attached hydrogen (secondary N) is 4. The van der Waals surface area contributed by atoms with E-state index in [0.29, 0.717) is 19.3 Å². The van der Waals surface area contributed by atoms with Crippen LogP contribution in [0.15, 0.2) is 0 Å². The Hall–Kier alpha value is -2.28. The van der Waals surface area contributed by atoms with E-state index in [1.807, 2.05) is 0 Å². The lowest BCUT2D eigenvalue weighted by molar-refractivity contribution is -0.778. The fourth-order valence-electron chi connectivity index (χ4n) is 17.7. The van der Waals surface area contributed by atoms with Crippen LogP contribution >= 0.6 is 61.1 Å². The van der Waals surface area contributed by atoms with E-state index < -0.39 is 332 Å². The van der Waals surface area contributed by atoms with Gasteiger partial charge in [0.25, 0.3) is 0 Å². The van der Waals surface area contributed by atoms with Gasteiger partial charge in [-0.3, -0.25) is 63.2 Å². The van der Waals surface area contributed by atoms with Crippen molar-refractivity contribution in [3.63, 3.8) is 0 Å². The number of carbonyl (C=O) groups excluding carboxylic acids is 3. The van der Waals surface area contributed by atoms with E-state index in [0.717, 1.165) is 32.8 Å². The maximum atomic E-state index is 14.3. The van der Waals surface area contributed by atoms with Gasteiger partial charge in [-0.25, -0.2) is 38.5 Å². The molecule has 0 aromatic heterocycles. The Bertz CT molecular complexity index is 4260. The van der Waals surface area contributed by atoms with Crippen molar-refractivity contribution in [2.24, 2.45) is 0 Å². The van der Waals surface area contributed by atoms with Gasteiger partial charge in [0.1, 0.15) is 159 Å². The zero-order valence-electron chi connectivity index (χ0n) is 79.5. The number of amides is 4. The molecule has 0 bridgehead atoms. The number of hydrogen-bond acceptors (Lipinski definition) is 67. The van der Waals surface area contributed by atoms with Crippen LogP contribution in [0.1, 0.15) is 51.4 Å². The molecule has 0 radical (unpaired) electrons. The van der Waals surface area contributed by atoms with E-state index in [2.05, 4.69) is 71.3 Å². The number of methoxy groups -OCH3 is 13. The second-order valence-corrected chi connectivity index (χ2v) is 39.5. The van der Waals surface area contributed by atoms with Gasteiger partial charge in [0.2, 0.25) is 53.4 Å². The maximum absolute atomic E-state index is 14.3. The Morgan fingerprint density at radius 3 is 1.05 bits per heavy atom. The Morgan fingerprint density at radius 2 is 0.678 bits per heavy atom. The first-order valence-corrected chi connectivity index (χ1v) is 52.6. The highest BCUT2D eigenvalue weighted by molar-refractivity contribution is 8.00. The van der Waals surface area contributed by atoms with Gasteiger partial charge in [0.15, 0.2) is 106 Å². The second kappa shape index (κ2) is 63.3. The first-order valence-electron chi connectivity index (χ1n) is 43.6. The number of ether oxygens (including phenoxy) is 26. The molecule has 9 rings (SSSR count). The molecule has 5 N–H and O–H groups in total. The number of carbonyl (C=O) groups is 3. The molecule has 854 valence electrons. The molecule has 4 amide bonds. The molecule has 75 heteroatoms. The number of aliphatic hydroxyl groups is 1. The minimum absolute atomic E-state index is 0.00142. The molecule has 38 atom stereocenters. The summed E-state index contributed by atoms with van der Waals surface area (Å²) in [6, 6.07) is -0.179. The number of fused-ring (bicyclic) bond motifs is 1. The molecule has 9 aliphatic rings. The largest absolute Gasteiger partial charge is 0.726 e. The van der Waals surface area contributed by atoms with Crippen molar-refractivity contribution in [2.45, 2.75) is 284 Å². The molecular weight excluding hydrogens is 2190 g/mol. The first kappa shape index (κ1) is 127. The molecule has 0 aromatic carbocycles. The molecule has 66 nitrogen and oxygen atoms in total. The van der Waals surface area contributed by atoms with Gasteiger partial charge in [-0.1, -0.05) is 12.8 Å². The van der Waals surface area contributed by atoms with Crippen LogP contribution in [0.25, 0.3) is 0 Å². The van der Waals surface area contributed by atoms with Crippen LogP contribution in [0.3, 0.4) is 0 Å². The van der Waals surface area contributed by atoms with Gasteiger partial charge >= 0.3 is 6.03 Å². The molecule has 0 saturated carbocycles. The van der Waals surface area contributed by atoms with Crippen molar-refractivity contribution in [2.75, 3.05) is 151 Å². The number of aliphatic hydroxyl groups excluding tert-OH is 1. The summed E-state index contributed by atoms with van der Waals surface area (Å²) >= 11 is -0.0677. The minimum atomic E-state index is -6.32. The van der Waals surface area contributed by atoms with Crippen molar-refractivity contribution in [1.82, 2.24) is 21.3 Å². The number of urea groups is 1. The lowest BCUT2D eigenvalue weighted by Crippen LogP contribution is -2.69. The smallest absolute Gasteiger partial charge is 0.315 e. The van der Waals surface area contributed by atoms with Crippen LogP contribution < -0.4 is 42.3 Å². The number of thioether (sulfide) groups is 1. The molecule has 0 spiro atoms. The third-order valence-corrected chi connectivity index (χ3v) is 28.7. The molecule has 0 aromatic rings. The molecule has 0 aliphatic carbocycles. The third-order valence-electron chi connectivity index (χ3n) is 23.8. The Kier molecular flexibility index (Phi) is 55.2. The van der Waals surface area contributed by atoms with Gasteiger partial charge in [-0.2, -0.15) is 11.8 Å². The highest BCUT2D eigenvalue weighted by atomic mass is 32.3. The summed E-state index contributed by atoms with van der Waals surface area (Å²) in [5.41, 5.74) is 0. The van der Waals surface area contributed by atoms with Crippen LogP contribution in [0.5, 0.6) is 0 Å². The minimum Gasteiger partial charge on any atom is -0.726 e. The van der Waals surface area contributed by atoms with E-state index >= 15 is 0 Å². The molecule has 9 aliphatic heterocycles. The second-order valence-electron chi connectivity index (χ2n) is 32.2. The van der Waals surface area contributed by atoms with Crippen molar-refractivity contribution < 1.29 is 287 Å². The lowest BCUT2D eigenvalue weighted by atomic mass is 9.94. The van der Waals surface area contributed by atoms with Gasteiger partial charge in [-0.05, 0) is 25.7 Å². The van der Waals surface area contributed by atoms with Crippen molar-refractivity contribution >= 4 is 120 Å². The summed E-state index contributed by atoms with van der Waals surface area (Å²) in [5.74, 6) is -0.145. The van der Waals surface area contributed by atoms with E-state index in [1.54, 1.807) is 11.8 Å². The number of hydrogen-bond donors (Lipinski definition) is 5. The standard InChI is InChI=1S/C71H124N4O62S9/c1-96-24-33-44(52(101-6)59(106-11)66(114-33)121-45-34(25-97-2)115-67(60(107-12)53(45)102-7)122-46-35(26-98-3)116-68(61(108-13)54(46)103-8)123-47-36(27-109-143(84,85)86)112-64(78)57(104-9)50(47)99-4)120-65-58(105-10)51(100-5)43(32(113-65)23-73-41(77)20-15-14-18-22-72-40(76)21-17-16-19-39-42-31(30-138-39)74-71(79)75-42)119-70-63(129-146(93,94)95)55(126-140-135-131-81)48(37(117-70)28-110-144(87,88)89)124-69-62(128-142-137-133-83)56(127-141-136-132-82)49(125-139-134-130-80)38(118-69)29-111-145(90,91)92/h31-39,42-70,78,80-83H,14-30H2,1-13H3,(H,72,76)(H,73,77)(H2,74,75,79)(H,84,85,86)(H,87,88,89)(H,90,91,92)(H,93,94,95)/p-8/t31?,32?,33?,34-,35-,36?,37-,38-,39?,42?,43+,44+,45-,46-,47+,48-,49-,50+,51+,52+,53?,54?,55?,56?,57?,58?,59?,60?,61?,62?,63?,64-,65+,66+,67-,68-,69-,70-/m1/s1.